The van der Waals surface area contributed by atoms with Gasteiger partial charge >= 0.3 is 6.92 Å². The van der Waals surface area contributed by atoms with E-state index in [4.69, 9.17) is 5.26 Å². The second kappa shape index (κ2) is 4.80. The van der Waals surface area contributed by atoms with Crippen molar-refractivity contribution in [1.29, 1.82) is 0 Å². The van der Waals surface area contributed by atoms with E-state index in [0.29, 0.717) is 0 Å². The Bertz CT molecular complexity index is 569. The first kappa shape index (κ1) is 11.8. The molecule has 0 aromatic heterocycles. The van der Waals surface area contributed by atoms with Crippen LogP contribution in [0.15, 0.2) is 52.3 Å². The van der Waals surface area contributed by atoms with Crippen LogP contribution >= 0.6 is 11.8 Å². The predicted molar refractivity (Wildman–Crippen MR) is 74.5 cm³/mol. The Balaban J connectivity index is 1.81. The Morgan fingerprint density at radius 1 is 1.11 bits per heavy atom. The van der Waals surface area contributed by atoms with Crippen molar-refractivity contribution in [2.24, 2.45) is 0 Å². The monoisotopic (exact) mass is 256 g/mol. The van der Waals surface area contributed by atoms with Gasteiger partial charge in [-0.15, -0.1) is 0 Å². The van der Waals surface area contributed by atoms with Crippen LogP contribution < -0.4 is 5.46 Å². The van der Waals surface area contributed by atoms with Gasteiger partial charge in [-0.1, -0.05) is 47.2 Å². The molecule has 2 nitrogen and oxygen atoms in total. The van der Waals surface area contributed by atoms with Crippen LogP contribution in [0.2, 0.25) is 0 Å². The highest BCUT2D eigenvalue weighted by molar-refractivity contribution is 7.99. The lowest BCUT2D eigenvalue weighted by Gasteiger charge is -2.24. The largest absolute Gasteiger partial charge is 0.377 e. The molecule has 18 heavy (non-hydrogen) atoms. The van der Waals surface area contributed by atoms with Crippen LogP contribution in [0.25, 0.3) is 0 Å². The molecular formula is C14H13BO2S. The zero-order chi connectivity index (χ0) is 12.5. The van der Waals surface area contributed by atoms with E-state index in [1.54, 1.807) is 11.8 Å². The average Bonchev–Trinajstić information content (AvgIpc) is 2.36. The second-order valence-corrected chi connectivity index (χ2v) is 5.72. The molecule has 3 rings (SSSR count). The lowest BCUT2D eigenvalue weighted by molar-refractivity contribution is -0.143. The minimum absolute atomic E-state index is 0.140. The summed E-state index contributed by atoms with van der Waals surface area (Å²) < 4.78 is 0. The maximum atomic E-state index is 8.74. The molecule has 1 N–H and O–H groups in total. The molecule has 1 aliphatic heterocycles. The van der Waals surface area contributed by atoms with Crippen molar-refractivity contribution >= 4 is 24.1 Å². The Hall–Kier alpha value is -1.23. The topological polar surface area (TPSA) is 29.5 Å². The van der Waals surface area contributed by atoms with E-state index in [9.17, 15) is 0 Å². The molecule has 2 aromatic carbocycles. The number of fused-ring (bicyclic) bond motifs is 1. The molecule has 0 saturated heterocycles. The molecule has 0 amide bonds. The van der Waals surface area contributed by atoms with Crippen molar-refractivity contribution in [2.75, 3.05) is 0 Å². The molecule has 0 fully saturated rings. The molecule has 1 heterocycles. The molecule has 2 aromatic rings. The molecule has 0 radical (unpaired) electrons. The smallest absolute Gasteiger partial charge is 0.301 e. The van der Waals surface area contributed by atoms with Gasteiger partial charge in [0.15, 0.2) is 0 Å². The van der Waals surface area contributed by atoms with Crippen molar-refractivity contribution < 1.29 is 10.1 Å². The van der Waals surface area contributed by atoms with Crippen LogP contribution in [0.5, 0.6) is 0 Å². The SMILES string of the molecule is Cc1ccc(Sc2ccc3c(c2)B(OO)C3)cc1. The van der Waals surface area contributed by atoms with E-state index in [-0.39, 0.29) is 6.92 Å². The number of rotatable bonds is 3. The fraction of sp³-hybridized carbons (Fsp3) is 0.143. The van der Waals surface area contributed by atoms with Crippen molar-refractivity contribution in [1.82, 2.24) is 0 Å². The second-order valence-electron chi connectivity index (χ2n) is 4.57. The summed E-state index contributed by atoms with van der Waals surface area (Å²) in [7, 11) is 0. The number of hydrogen-bond acceptors (Lipinski definition) is 3. The summed E-state index contributed by atoms with van der Waals surface area (Å²) >= 11 is 1.73. The van der Waals surface area contributed by atoms with Gasteiger partial charge in [-0.3, -0.25) is 5.26 Å². The molecule has 0 spiro atoms. The van der Waals surface area contributed by atoms with Crippen LogP contribution in [0, 0.1) is 6.92 Å². The maximum Gasteiger partial charge on any atom is 0.377 e. The summed E-state index contributed by atoms with van der Waals surface area (Å²) in [6.07, 6.45) is 0.807. The third-order valence-corrected chi connectivity index (χ3v) is 4.25. The third-order valence-electron chi connectivity index (χ3n) is 3.25. The Kier molecular flexibility index (Phi) is 3.16. The van der Waals surface area contributed by atoms with E-state index >= 15 is 0 Å². The zero-order valence-electron chi connectivity index (χ0n) is 10.1. The number of hydrogen-bond donors (Lipinski definition) is 1. The van der Waals surface area contributed by atoms with Crippen LogP contribution in [0.4, 0.5) is 0 Å². The van der Waals surface area contributed by atoms with Gasteiger partial charge in [0.25, 0.3) is 0 Å². The summed E-state index contributed by atoms with van der Waals surface area (Å²) in [5.41, 5.74) is 3.64. The van der Waals surface area contributed by atoms with E-state index < -0.39 is 0 Å². The Labute approximate surface area is 111 Å². The highest BCUT2D eigenvalue weighted by atomic mass is 32.2. The normalized spacial score (nSPS) is 13.1. The third kappa shape index (κ3) is 2.19. The predicted octanol–water partition coefficient (Wildman–Crippen LogP) is 2.93. The molecule has 0 aliphatic carbocycles. The standard InChI is InChI=1S/C14H13BO2S/c1-10-2-5-12(6-3-10)18-13-7-4-11-9-15(17-16)14(11)8-13/h2-8,16H,9H2,1H3. The van der Waals surface area contributed by atoms with Crippen molar-refractivity contribution in [3.63, 3.8) is 0 Å². The lowest BCUT2D eigenvalue weighted by Crippen LogP contribution is -2.48. The quantitative estimate of drug-likeness (QED) is 0.520. The van der Waals surface area contributed by atoms with Gasteiger partial charge in [0.05, 0.1) is 0 Å². The maximum absolute atomic E-state index is 8.74. The highest BCUT2D eigenvalue weighted by Crippen LogP contribution is 2.29. The van der Waals surface area contributed by atoms with Crippen molar-refractivity contribution in [3.05, 3.63) is 53.6 Å². The highest BCUT2D eigenvalue weighted by Gasteiger charge is 2.32. The van der Waals surface area contributed by atoms with E-state index in [1.807, 2.05) is 0 Å². The molecule has 0 unspecified atom stereocenters. The van der Waals surface area contributed by atoms with E-state index in [2.05, 4.69) is 54.2 Å². The van der Waals surface area contributed by atoms with Crippen molar-refractivity contribution in [3.8, 4) is 0 Å². The van der Waals surface area contributed by atoms with Gasteiger partial charge in [0.2, 0.25) is 0 Å². The lowest BCUT2D eigenvalue weighted by atomic mass is 9.46. The first-order chi connectivity index (χ1) is 8.76. The van der Waals surface area contributed by atoms with Gasteiger partial charge in [0, 0.05) is 9.79 Å². The zero-order valence-corrected chi connectivity index (χ0v) is 10.9. The average molecular weight is 256 g/mol. The molecular weight excluding hydrogens is 243 g/mol. The molecule has 0 saturated carbocycles. The molecule has 1 aliphatic rings. The molecule has 0 atom stereocenters. The van der Waals surface area contributed by atoms with Gasteiger partial charge in [0.1, 0.15) is 0 Å². The number of benzene rings is 2. The minimum atomic E-state index is -0.140. The summed E-state index contributed by atoms with van der Waals surface area (Å²) in [6.45, 7) is 1.95. The fourth-order valence-corrected chi connectivity index (χ4v) is 3.00. The van der Waals surface area contributed by atoms with E-state index in [0.717, 1.165) is 11.8 Å². The van der Waals surface area contributed by atoms with Gasteiger partial charge < -0.3 is 4.81 Å². The van der Waals surface area contributed by atoms with E-state index in [1.165, 1.54) is 20.9 Å². The minimum Gasteiger partial charge on any atom is -0.301 e. The summed E-state index contributed by atoms with van der Waals surface area (Å²) in [5.74, 6) is 0. The fourth-order valence-electron chi connectivity index (χ4n) is 2.14. The number of aryl methyl sites for hydroxylation is 1. The van der Waals surface area contributed by atoms with Crippen LogP contribution in [0.1, 0.15) is 11.1 Å². The van der Waals surface area contributed by atoms with Gasteiger partial charge in [-0.2, -0.15) is 0 Å². The summed E-state index contributed by atoms with van der Waals surface area (Å²) in [6, 6.07) is 14.8. The van der Waals surface area contributed by atoms with Crippen LogP contribution in [0.3, 0.4) is 0 Å². The Morgan fingerprint density at radius 2 is 1.83 bits per heavy atom. The first-order valence-electron chi connectivity index (χ1n) is 5.94. The first-order valence-corrected chi connectivity index (χ1v) is 6.75. The molecule has 4 heteroatoms. The Morgan fingerprint density at radius 3 is 2.56 bits per heavy atom. The van der Waals surface area contributed by atoms with Crippen LogP contribution in [-0.4, -0.2) is 12.2 Å². The van der Waals surface area contributed by atoms with Crippen LogP contribution in [-0.2, 0) is 11.1 Å². The van der Waals surface area contributed by atoms with Gasteiger partial charge in [-0.25, -0.2) is 0 Å². The summed E-state index contributed by atoms with van der Waals surface area (Å²) in [4.78, 5) is 6.83. The summed E-state index contributed by atoms with van der Waals surface area (Å²) in [5, 5.41) is 8.74. The molecule has 0 bridgehead atoms. The van der Waals surface area contributed by atoms with Gasteiger partial charge in [-0.05, 0) is 36.9 Å². The molecule has 90 valence electrons. The van der Waals surface area contributed by atoms with Crippen molar-refractivity contribution in [2.45, 2.75) is 23.0 Å².